The van der Waals surface area contributed by atoms with Crippen molar-refractivity contribution >= 4 is 68.1 Å². The standard InChI is InChI=1S/C19H15F3N8O5S3/c20-5-35-26-10(14-25-19(23)38-27-14)15(31)24-11-16(32)30-12(18(33)34)7(3-37-17(11)30)1-28-2-9-29(6-28)8(4-36-9)13(21)22/h2,4,6,11,13,17H,1,3,5H2,(H3-,23,24,25,27,31,33,34)/b26-10-/t11-,17-/m1/s1. The number of imidazole rings is 1. The minimum absolute atomic E-state index is 0.00914. The van der Waals surface area contributed by atoms with E-state index in [1.165, 1.54) is 27.9 Å². The van der Waals surface area contributed by atoms with Gasteiger partial charge in [-0.25, -0.2) is 17.7 Å². The monoisotopic (exact) mass is 588 g/mol. The minimum Gasteiger partial charge on any atom is -0.543 e. The van der Waals surface area contributed by atoms with E-state index in [2.05, 4.69) is 24.7 Å². The van der Waals surface area contributed by atoms with E-state index in [0.717, 1.165) is 27.8 Å². The van der Waals surface area contributed by atoms with Crippen LogP contribution in [0.5, 0.6) is 0 Å². The van der Waals surface area contributed by atoms with Gasteiger partial charge in [0.1, 0.15) is 24.2 Å². The van der Waals surface area contributed by atoms with Gasteiger partial charge in [-0.1, -0.05) is 16.5 Å². The van der Waals surface area contributed by atoms with E-state index in [9.17, 15) is 32.7 Å². The molecule has 0 aromatic carbocycles. The van der Waals surface area contributed by atoms with Crippen LogP contribution in [0.4, 0.5) is 18.3 Å². The van der Waals surface area contributed by atoms with Crippen LogP contribution in [0.1, 0.15) is 17.9 Å². The molecule has 3 aromatic rings. The van der Waals surface area contributed by atoms with E-state index < -0.39 is 48.2 Å². The molecule has 3 aromatic heterocycles. The number of amides is 2. The van der Waals surface area contributed by atoms with Crippen LogP contribution < -0.4 is 20.7 Å². The molecular formula is C19H15F3N8O5S3. The molecule has 0 radical (unpaired) electrons. The van der Waals surface area contributed by atoms with Crippen molar-refractivity contribution in [2.75, 3.05) is 18.3 Å². The molecule has 200 valence electrons. The smallest absolute Gasteiger partial charge is 0.300 e. The molecule has 2 aliphatic rings. The fourth-order valence-corrected chi connectivity index (χ4v) is 6.66. The number of hydrogen-bond donors (Lipinski definition) is 2. The number of hydrogen-bond acceptors (Lipinski definition) is 12. The molecule has 0 saturated carbocycles. The molecule has 1 saturated heterocycles. The number of nitrogens with one attached hydrogen (secondary N) is 1. The number of oxime groups is 1. The Hall–Kier alpha value is -3.71. The third-order valence-electron chi connectivity index (χ3n) is 5.55. The Labute approximate surface area is 222 Å². The molecule has 1 fully saturated rings. The lowest BCUT2D eigenvalue weighted by Crippen LogP contribution is -2.71. The van der Waals surface area contributed by atoms with E-state index >= 15 is 0 Å². The maximum absolute atomic E-state index is 13.2. The number of aliphatic carboxylic acids is 1. The van der Waals surface area contributed by atoms with Gasteiger partial charge in [0.05, 0.1) is 11.7 Å². The summed E-state index contributed by atoms with van der Waals surface area (Å²) in [6, 6.07) is -1.14. The lowest BCUT2D eigenvalue weighted by Gasteiger charge is -2.50. The fourth-order valence-electron chi connectivity index (χ4n) is 3.97. The van der Waals surface area contributed by atoms with Gasteiger partial charge in [0, 0.05) is 28.2 Å². The summed E-state index contributed by atoms with van der Waals surface area (Å²) in [4.78, 5) is 47.4. The van der Waals surface area contributed by atoms with Gasteiger partial charge >= 0.3 is 0 Å². The number of carboxylic acid groups (broad SMARTS) is 1. The summed E-state index contributed by atoms with van der Waals surface area (Å²) in [5.41, 5.74) is 4.77. The number of alkyl halides is 3. The molecule has 13 nitrogen and oxygen atoms in total. The van der Waals surface area contributed by atoms with E-state index in [-0.39, 0.29) is 34.6 Å². The van der Waals surface area contributed by atoms with Crippen molar-refractivity contribution in [1.82, 2.24) is 24.0 Å². The van der Waals surface area contributed by atoms with Crippen molar-refractivity contribution in [3.8, 4) is 0 Å². The fraction of sp³-hybridized carbons (Fsp3) is 0.316. The first-order valence-electron chi connectivity index (χ1n) is 10.5. The van der Waals surface area contributed by atoms with E-state index in [4.69, 9.17) is 5.73 Å². The number of aromatic nitrogens is 4. The van der Waals surface area contributed by atoms with E-state index in [1.807, 2.05) is 0 Å². The number of β-lactam (4-membered cyclic amide) rings is 1. The van der Waals surface area contributed by atoms with Crippen LogP contribution in [0.3, 0.4) is 0 Å². The lowest BCUT2D eigenvalue weighted by atomic mass is 10.0. The molecule has 2 atom stereocenters. The molecule has 0 unspecified atom stereocenters. The number of thiazole rings is 1. The van der Waals surface area contributed by atoms with Crippen molar-refractivity contribution in [3.63, 3.8) is 0 Å². The number of carbonyl (C=O) groups is 3. The highest BCUT2D eigenvalue weighted by Gasteiger charge is 2.53. The second-order valence-corrected chi connectivity index (χ2v) is 10.6. The molecule has 2 aliphatic heterocycles. The second-order valence-electron chi connectivity index (χ2n) is 7.82. The third-order valence-corrected chi connectivity index (χ3v) is 8.34. The maximum atomic E-state index is 13.2. The summed E-state index contributed by atoms with van der Waals surface area (Å²) in [5, 5.41) is 18.4. The zero-order valence-corrected chi connectivity index (χ0v) is 21.2. The number of fused-ring (bicyclic) bond motifs is 2. The number of anilines is 1. The van der Waals surface area contributed by atoms with Crippen molar-refractivity contribution in [2.24, 2.45) is 5.16 Å². The summed E-state index contributed by atoms with van der Waals surface area (Å²) < 4.78 is 45.6. The van der Waals surface area contributed by atoms with Crippen LogP contribution in [-0.4, -0.2) is 66.2 Å². The second kappa shape index (κ2) is 10.2. The van der Waals surface area contributed by atoms with Gasteiger partial charge in [0.25, 0.3) is 25.1 Å². The molecule has 0 bridgehead atoms. The Bertz CT molecular complexity index is 1500. The summed E-state index contributed by atoms with van der Waals surface area (Å²) in [6.45, 7) is -1.33. The van der Waals surface area contributed by atoms with Crippen LogP contribution in [-0.2, 0) is 25.8 Å². The first-order valence-corrected chi connectivity index (χ1v) is 13.2. The quantitative estimate of drug-likeness (QED) is 0.144. The summed E-state index contributed by atoms with van der Waals surface area (Å²) >= 11 is 3.05. The molecule has 19 heteroatoms. The van der Waals surface area contributed by atoms with Crippen molar-refractivity contribution < 1.29 is 42.1 Å². The predicted octanol–water partition coefficient (Wildman–Crippen LogP) is -0.589. The minimum atomic E-state index is -2.68. The van der Waals surface area contributed by atoms with Crippen molar-refractivity contribution in [1.29, 1.82) is 0 Å². The van der Waals surface area contributed by atoms with Gasteiger partial charge in [-0.2, -0.15) is 13.8 Å². The van der Waals surface area contributed by atoms with Gasteiger partial charge < -0.3 is 25.8 Å². The molecule has 38 heavy (non-hydrogen) atoms. The average Bonchev–Trinajstić information content (AvgIpc) is 3.58. The summed E-state index contributed by atoms with van der Waals surface area (Å²) in [7, 11) is 0. The zero-order chi connectivity index (χ0) is 27.1. The number of thioether (sulfide) groups is 1. The third kappa shape index (κ3) is 4.56. The average molecular weight is 589 g/mol. The molecule has 5 rings (SSSR count). The van der Waals surface area contributed by atoms with Crippen LogP contribution in [0.2, 0.25) is 0 Å². The molecule has 5 heterocycles. The van der Waals surface area contributed by atoms with Crippen LogP contribution in [0, 0.1) is 0 Å². The van der Waals surface area contributed by atoms with Gasteiger partial charge in [0.15, 0.2) is 10.8 Å². The number of nitrogens with zero attached hydrogens (tertiary/aromatic N) is 6. The Morgan fingerprint density at radius 1 is 1.42 bits per heavy atom. The Kier molecular flexibility index (Phi) is 6.97. The molecule has 0 spiro atoms. The Morgan fingerprint density at radius 2 is 2.21 bits per heavy atom. The molecular weight excluding hydrogens is 573 g/mol. The Balaban J connectivity index is 1.35. The van der Waals surface area contributed by atoms with Gasteiger partial charge in [0.2, 0.25) is 22.7 Å². The van der Waals surface area contributed by atoms with Crippen LogP contribution in [0.15, 0.2) is 34.3 Å². The van der Waals surface area contributed by atoms with Crippen molar-refractivity contribution in [2.45, 2.75) is 24.4 Å². The first-order chi connectivity index (χ1) is 18.2. The van der Waals surface area contributed by atoms with Crippen LogP contribution >= 0.6 is 34.6 Å². The number of carbonyl (C=O) groups excluding carboxylic acids is 3. The maximum Gasteiger partial charge on any atom is 0.300 e. The van der Waals surface area contributed by atoms with Gasteiger partial charge in [-0.3, -0.25) is 14.5 Å². The summed E-state index contributed by atoms with van der Waals surface area (Å²) in [6.07, 6.45) is 0.329. The number of nitrogen functional groups attached to an aromatic ring is 1. The highest BCUT2D eigenvalue weighted by atomic mass is 32.2. The molecule has 3 N–H and O–H groups in total. The first kappa shape index (κ1) is 25.9. The zero-order valence-electron chi connectivity index (χ0n) is 18.7. The van der Waals surface area contributed by atoms with Crippen molar-refractivity contribution in [3.05, 3.63) is 40.7 Å². The molecule has 2 amide bonds. The highest BCUT2D eigenvalue weighted by molar-refractivity contribution is 8.00. The van der Waals surface area contributed by atoms with E-state index in [1.54, 1.807) is 10.8 Å². The SMILES string of the molecule is Nc1nc(/C(=N/OCF)C(=O)N[C@@H]2C(=O)N3C(C(=O)[O-])=C(C[n+]4cc5scc(C(F)F)n5c4)CS[C@H]23)ns1. The number of carboxylic acids is 1. The normalized spacial score (nSPS) is 19.6. The van der Waals surface area contributed by atoms with E-state index in [0.29, 0.717) is 10.4 Å². The number of nitrogens with two attached hydrogens (primary N) is 1. The Morgan fingerprint density at radius 3 is 2.87 bits per heavy atom. The predicted molar refractivity (Wildman–Crippen MR) is 125 cm³/mol. The molecule has 0 aliphatic carbocycles. The number of rotatable bonds is 9. The summed E-state index contributed by atoms with van der Waals surface area (Å²) in [5.74, 6) is -3.38. The topological polar surface area (TPSA) is 171 Å². The van der Waals surface area contributed by atoms with Crippen LogP contribution in [0.25, 0.3) is 4.83 Å². The van der Waals surface area contributed by atoms with Gasteiger partial charge in [-0.05, 0) is 0 Å². The van der Waals surface area contributed by atoms with Gasteiger partial charge in [-0.15, -0.1) is 11.8 Å². The largest absolute Gasteiger partial charge is 0.543 e. The lowest BCUT2D eigenvalue weighted by molar-refractivity contribution is -0.687. The highest BCUT2D eigenvalue weighted by Crippen LogP contribution is 2.40. The number of halogens is 3.